The lowest BCUT2D eigenvalue weighted by Crippen LogP contribution is -2.09. The van der Waals surface area contributed by atoms with Gasteiger partial charge in [-0.25, -0.2) is 0 Å². The Balaban J connectivity index is 2.88. The van der Waals surface area contributed by atoms with E-state index in [1.54, 1.807) is 6.92 Å². The smallest absolute Gasteiger partial charge is 0.163 e. The first-order valence-corrected chi connectivity index (χ1v) is 5.32. The third-order valence-corrected chi connectivity index (χ3v) is 2.39. The standard InChI is InChI=1S/C12H18N2O/c1-5-10-7-11(14(6-2)13-10)8-12(15)9(3)4/h7H,3,5-6,8H2,1-2,4H3. The van der Waals surface area contributed by atoms with E-state index >= 15 is 0 Å². The van der Waals surface area contributed by atoms with E-state index in [4.69, 9.17) is 0 Å². The molecule has 1 heterocycles. The summed E-state index contributed by atoms with van der Waals surface area (Å²) in [5, 5.41) is 4.39. The van der Waals surface area contributed by atoms with E-state index in [1.165, 1.54) is 0 Å². The van der Waals surface area contributed by atoms with Crippen molar-refractivity contribution in [3.63, 3.8) is 0 Å². The van der Waals surface area contributed by atoms with Gasteiger partial charge in [-0.15, -0.1) is 0 Å². The first-order chi connectivity index (χ1) is 7.08. The van der Waals surface area contributed by atoms with Crippen molar-refractivity contribution in [3.05, 3.63) is 29.6 Å². The number of allylic oxidation sites excluding steroid dienone is 1. The fourth-order valence-electron chi connectivity index (χ4n) is 1.42. The molecule has 3 heteroatoms. The summed E-state index contributed by atoms with van der Waals surface area (Å²) >= 11 is 0. The maximum Gasteiger partial charge on any atom is 0.163 e. The van der Waals surface area contributed by atoms with E-state index < -0.39 is 0 Å². The van der Waals surface area contributed by atoms with Gasteiger partial charge in [-0.3, -0.25) is 9.48 Å². The Kier molecular flexibility index (Phi) is 3.83. The van der Waals surface area contributed by atoms with Gasteiger partial charge in [0.15, 0.2) is 5.78 Å². The summed E-state index contributed by atoms with van der Waals surface area (Å²) in [6.45, 7) is 10.3. The van der Waals surface area contributed by atoms with Gasteiger partial charge >= 0.3 is 0 Å². The predicted molar refractivity (Wildman–Crippen MR) is 60.8 cm³/mol. The zero-order chi connectivity index (χ0) is 11.4. The van der Waals surface area contributed by atoms with E-state index in [-0.39, 0.29) is 5.78 Å². The summed E-state index contributed by atoms with van der Waals surface area (Å²) < 4.78 is 1.89. The number of aryl methyl sites for hydroxylation is 2. The van der Waals surface area contributed by atoms with Crippen molar-refractivity contribution in [3.8, 4) is 0 Å². The number of carbonyl (C=O) groups is 1. The number of aromatic nitrogens is 2. The lowest BCUT2D eigenvalue weighted by molar-refractivity contribution is -0.115. The Labute approximate surface area is 90.8 Å². The second-order valence-electron chi connectivity index (χ2n) is 3.68. The minimum absolute atomic E-state index is 0.0900. The first kappa shape index (κ1) is 11.7. The summed E-state index contributed by atoms with van der Waals surface area (Å²) in [5.74, 6) is 0.0900. The zero-order valence-electron chi connectivity index (χ0n) is 9.71. The summed E-state index contributed by atoms with van der Waals surface area (Å²) in [7, 11) is 0. The molecular weight excluding hydrogens is 188 g/mol. The van der Waals surface area contributed by atoms with Crippen LogP contribution in [0.5, 0.6) is 0 Å². The number of rotatable bonds is 5. The molecule has 0 atom stereocenters. The lowest BCUT2D eigenvalue weighted by atomic mass is 10.1. The van der Waals surface area contributed by atoms with Crippen molar-refractivity contribution in [2.75, 3.05) is 0 Å². The Bertz CT molecular complexity index is 377. The monoisotopic (exact) mass is 206 g/mol. The molecule has 1 aromatic heterocycles. The molecule has 0 saturated heterocycles. The number of Topliss-reactive ketones (excluding diaryl/α,β-unsaturated/α-hetero) is 1. The van der Waals surface area contributed by atoms with Crippen LogP contribution in [0.4, 0.5) is 0 Å². The van der Waals surface area contributed by atoms with Gasteiger partial charge in [-0.05, 0) is 31.9 Å². The maximum absolute atomic E-state index is 11.5. The van der Waals surface area contributed by atoms with Crippen LogP contribution in [0, 0.1) is 0 Å². The molecule has 0 aliphatic heterocycles. The molecular formula is C12H18N2O. The molecule has 0 aromatic carbocycles. The number of carbonyl (C=O) groups excluding carboxylic acids is 1. The van der Waals surface area contributed by atoms with Crippen LogP contribution in [-0.4, -0.2) is 15.6 Å². The van der Waals surface area contributed by atoms with E-state index in [1.807, 2.05) is 17.7 Å². The molecule has 0 radical (unpaired) electrons. The third kappa shape index (κ3) is 2.78. The van der Waals surface area contributed by atoms with E-state index in [9.17, 15) is 4.79 Å². The third-order valence-electron chi connectivity index (χ3n) is 2.39. The first-order valence-electron chi connectivity index (χ1n) is 5.32. The molecule has 15 heavy (non-hydrogen) atoms. The van der Waals surface area contributed by atoms with Crippen LogP contribution >= 0.6 is 0 Å². The predicted octanol–water partition coefficient (Wildman–Crippen LogP) is 2.15. The highest BCUT2D eigenvalue weighted by Crippen LogP contribution is 2.08. The molecule has 0 saturated carbocycles. The highest BCUT2D eigenvalue weighted by molar-refractivity contribution is 5.95. The average molecular weight is 206 g/mol. The van der Waals surface area contributed by atoms with Gasteiger partial charge in [0.1, 0.15) is 0 Å². The van der Waals surface area contributed by atoms with Crippen LogP contribution in [0.3, 0.4) is 0 Å². The molecule has 0 N–H and O–H groups in total. The van der Waals surface area contributed by atoms with Crippen molar-refractivity contribution in [1.29, 1.82) is 0 Å². The van der Waals surface area contributed by atoms with Gasteiger partial charge in [0.25, 0.3) is 0 Å². The minimum Gasteiger partial charge on any atom is -0.294 e. The second kappa shape index (κ2) is 4.91. The quantitative estimate of drug-likeness (QED) is 0.692. The van der Waals surface area contributed by atoms with E-state index in [0.29, 0.717) is 12.0 Å². The number of hydrogen-bond acceptors (Lipinski definition) is 2. The fourth-order valence-corrected chi connectivity index (χ4v) is 1.42. The Hall–Kier alpha value is -1.38. The second-order valence-corrected chi connectivity index (χ2v) is 3.68. The molecule has 0 bridgehead atoms. The Morgan fingerprint density at radius 3 is 2.67 bits per heavy atom. The molecule has 1 rings (SSSR count). The van der Waals surface area contributed by atoms with Crippen LogP contribution in [-0.2, 0) is 24.2 Å². The van der Waals surface area contributed by atoms with Crippen LogP contribution in [0.25, 0.3) is 0 Å². The van der Waals surface area contributed by atoms with Crippen molar-refractivity contribution in [1.82, 2.24) is 9.78 Å². The van der Waals surface area contributed by atoms with Gasteiger partial charge in [0, 0.05) is 12.2 Å². The number of hydrogen-bond donors (Lipinski definition) is 0. The molecule has 0 spiro atoms. The summed E-state index contributed by atoms with van der Waals surface area (Å²) in [5.41, 5.74) is 2.64. The highest BCUT2D eigenvalue weighted by atomic mass is 16.1. The fraction of sp³-hybridized carbons (Fsp3) is 0.500. The molecule has 82 valence electrons. The van der Waals surface area contributed by atoms with E-state index in [0.717, 1.165) is 24.4 Å². The van der Waals surface area contributed by atoms with Gasteiger partial charge in [0.05, 0.1) is 12.1 Å². The van der Waals surface area contributed by atoms with Crippen molar-refractivity contribution in [2.45, 2.75) is 40.2 Å². The summed E-state index contributed by atoms with van der Waals surface area (Å²) in [4.78, 5) is 11.5. The van der Waals surface area contributed by atoms with Gasteiger partial charge in [-0.1, -0.05) is 13.5 Å². The van der Waals surface area contributed by atoms with Crippen LogP contribution in [0.2, 0.25) is 0 Å². The molecule has 1 aromatic rings. The van der Waals surface area contributed by atoms with Gasteiger partial charge in [0.2, 0.25) is 0 Å². The van der Waals surface area contributed by atoms with Crippen LogP contribution in [0.1, 0.15) is 32.2 Å². The molecule has 0 unspecified atom stereocenters. The van der Waals surface area contributed by atoms with Crippen molar-refractivity contribution < 1.29 is 4.79 Å². The maximum atomic E-state index is 11.5. The van der Waals surface area contributed by atoms with Crippen molar-refractivity contribution in [2.24, 2.45) is 0 Å². The minimum atomic E-state index is 0.0900. The zero-order valence-corrected chi connectivity index (χ0v) is 9.71. The van der Waals surface area contributed by atoms with Gasteiger partial charge < -0.3 is 0 Å². The average Bonchev–Trinajstić information content (AvgIpc) is 2.60. The summed E-state index contributed by atoms with van der Waals surface area (Å²) in [6.07, 6.45) is 1.32. The van der Waals surface area contributed by atoms with Crippen LogP contribution < -0.4 is 0 Å². The normalized spacial score (nSPS) is 10.3. The Morgan fingerprint density at radius 1 is 1.53 bits per heavy atom. The number of ketones is 1. The number of nitrogens with zero attached hydrogens (tertiary/aromatic N) is 2. The lowest BCUT2D eigenvalue weighted by Gasteiger charge is -2.03. The van der Waals surface area contributed by atoms with Gasteiger partial charge in [-0.2, -0.15) is 5.10 Å². The summed E-state index contributed by atoms with van der Waals surface area (Å²) in [6, 6.07) is 2.00. The van der Waals surface area contributed by atoms with Crippen molar-refractivity contribution >= 4 is 5.78 Å². The largest absolute Gasteiger partial charge is 0.294 e. The SMILES string of the molecule is C=C(C)C(=O)Cc1cc(CC)nn1CC. The highest BCUT2D eigenvalue weighted by Gasteiger charge is 2.10. The molecule has 0 aliphatic rings. The Morgan fingerprint density at radius 2 is 2.20 bits per heavy atom. The topological polar surface area (TPSA) is 34.9 Å². The molecule has 0 amide bonds. The molecule has 0 aliphatic carbocycles. The van der Waals surface area contributed by atoms with Crippen LogP contribution in [0.15, 0.2) is 18.2 Å². The molecule has 0 fully saturated rings. The van der Waals surface area contributed by atoms with E-state index in [2.05, 4.69) is 18.6 Å². The molecule has 3 nitrogen and oxygen atoms in total.